The van der Waals surface area contributed by atoms with Crippen LogP contribution in [0.1, 0.15) is 27.7 Å². The van der Waals surface area contributed by atoms with Crippen molar-refractivity contribution in [1.82, 2.24) is 15.0 Å². The third kappa shape index (κ3) is 3.29. The second kappa shape index (κ2) is 6.74. The van der Waals surface area contributed by atoms with Crippen LogP contribution in [0.4, 0.5) is 5.82 Å². The largest absolute Gasteiger partial charge is 0.351 e. The Morgan fingerprint density at radius 1 is 1.39 bits per heavy atom. The van der Waals surface area contributed by atoms with Crippen molar-refractivity contribution in [1.29, 1.82) is 0 Å². The predicted molar refractivity (Wildman–Crippen MR) is 74.3 cm³/mol. The lowest BCUT2D eigenvalue weighted by Gasteiger charge is -2.00. The smallest absolute Gasteiger partial charge is 0.293 e. The summed E-state index contributed by atoms with van der Waals surface area (Å²) in [7, 11) is 1.93. The molecule has 98 valence electrons. The molecule has 5 nitrogen and oxygen atoms in total. The van der Waals surface area contributed by atoms with Crippen LogP contribution in [-0.2, 0) is 7.05 Å². The second-order valence-electron chi connectivity index (χ2n) is 3.97. The predicted octanol–water partition coefficient (Wildman–Crippen LogP) is 2.19. The number of fused-ring (bicyclic) bond motifs is 1. The summed E-state index contributed by atoms with van der Waals surface area (Å²) in [6.45, 7) is 8.93. The molecule has 0 bridgehead atoms. The van der Waals surface area contributed by atoms with E-state index in [9.17, 15) is 0 Å². The lowest BCUT2D eigenvalue weighted by Crippen LogP contribution is -2.30. The molecule has 0 spiro atoms. The molecule has 2 aromatic heterocycles. The lowest BCUT2D eigenvalue weighted by molar-refractivity contribution is -0.649. The molecular weight excluding hydrogens is 226 g/mol. The van der Waals surface area contributed by atoms with Crippen LogP contribution < -0.4 is 9.88 Å². The first-order valence-corrected chi connectivity index (χ1v) is 6.23. The normalized spacial score (nSPS) is 9.61. The Bertz CT molecular complexity index is 523. The summed E-state index contributed by atoms with van der Waals surface area (Å²) in [6, 6.07) is 0. The maximum Gasteiger partial charge on any atom is 0.293 e. The Labute approximate surface area is 108 Å². The summed E-state index contributed by atoms with van der Waals surface area (Å²) in [6.07, 6.45) is 5.56. The van der Waals surface area contributed by atoms with Crippen LogP contribution >= 0.6 is 0 Å². The molecule has 2 heterocycles. The number of nitrogens with one attached hydrogen (secondary N) is 2. The first-order chi connectivity index (χ1) is 8.68. The number of aromatic amines is 1. The number of imidazole rings is 1. The highest BCUT2D eigenvalue weighted by Gasteiger charge is 2.13. The summed E-state index contributed by atoms with van der Waals surface area (Å²) < 4.78 is 1.89. The molecule has 5 heteroatoms. The monoisotopic (exact) mass is 248 g/mol. The highest BCUT2D eigenvalue weighted by molar-refractivity contribution is 5.79. The summed E-state index contributed by atoms with van der Waals surface area (Å²) in [5.41, 5.74) is 3.12. The van der Waals surface area contributed by atoms with Crippen LogP contribution in [0.2, 0.25) is 0 Å². The third-order valence-corrected chi connectivity index (χ3v) is 2.33. The zero-order valence-corrected chi connectivity index (χ0v) is 11.8. The fourth-order valence-corrected chi connectivity index (χ4v) is 1.48. The SMILES string of the molecule is CC.CC(C)=CCNc1nc[n+](C)c2nc[nH]c12. The van der Waals surface area contributed by atoms with E-state index in [1.807, 2.05) is 25.5 Å². The molecule has 0 aliphatic carbocycles. The van der Waals surface area contributed by atoms with Crippen LogP contribution in [-0.4, -0.2) is 21.5 Å². The average molecular weight is 248 g/mol. The average Bonchev–Trinajstić information content (AvgIpc) is 2.84. The van der Waals surface area contributed by atoms with Crippen LogP contribution in [0, 0.1) is 0 Å². The number of anilines is 1. The van der Waals surface area contributed by atoms with Gasteiger partial charge in [-0.3, -0.25) is 0 Å². The van der Waals surface area contributed by atoms with Crippen LogP contribution in [0.25, 0.3) is 11.2 Å². The molecule has 2 rings (SSSR count). The van der Waals surface area contributed by atoms with E-state index in [0.717, 1.165) is 23.5 Å². The zero-order chi connectivity index (χ0) is 13.5. The molecule has 0 saturated heterocycles. The maximum absolute atomic E-state index is 4.33. The van der Waals surface area contributed by atoms with E-state index in [1.165, 1.54) is 5.57 Å². The Morgan fingerprint density at radius 2 is 2.11 bits per heavy atom. The Morgan fingerprint density at radius 3 is 2.78 bits per heavy atom. The highest BCUT2D eigenvalue weighted by atomic mass is 15.1. The van der Waals surface area contributed by atoms with Gasteiger partial charge in [0.1, 0.15) is 0 Å². The molecular formula is C13H22N5+. The molecule has 0 fully saturated rings. The van der Waals surface area contributed by atoms with E-state index in [4.69, 9.17) is 0 Å². The van der Waals surface area contributed by atoms with Crippen molar-refractivity contribution in [3.05, 3.63) is 24.3 Å². The summed E-state index contributed by atoms with van der Waals surface area (Å²) in [5, 5.41) is 3.26. The maximum atomic E-state index is 4.33. The summed E-state index contributed by atoms with van der Waals surface area (Å²) >= 11 is 0. The van der Waals surface area contributed by atoms with Crippen LogP contribution in [0.15, 0.2) is 24.3 Å². The Kier molecular flexibility index (Phi) is 5.30. The number of H-pyrrole nitrogens is 1. The fraction of sp³-hybridized carbons (Fsp3) is 0.462. The van der Waals surface area contributed by atoms with E-state index in [1.54, 1.807) is 12.7 Å². The van der Waals surface area contributed by atoms with Gasteiger partial charge >= 0.3 is 0 Å². The van der Waals surface area contributed by atoms with Gasteiger partial charge in [-0.2, -0.15) is 0 Å². The Hall–Kier alpha value is -1.91. The summed E-state index contributed by atoms with van der Waals surface area (Å²) in [5.74, 6) is 0.836. The van der Waals surface area contributed by atoms with Gasteiger partial charge in [-0.05, 0) is 13.8 Å². The van der Waals surface area contributed by atoms with Gasteiger partial charge in [0.25, 0.3) is 5.65 Å². The number of hydrogen-bond donors (Lipinski definition) is 2. The molecule has 2 aromatic rings. The Balaban J connectivity index is 0.000000771. The standard InChI is InChI=1S/C11H15N5.C2H6/c1-8(2)4-5-12-10-9-11(14-6-13-9)16(3)7-15-10;1-2/h4,6-7H,5H2,1-3H3,(H,12,13,14);1-2H3/p+1. The van der Waals surface area contributed by atoms with Gasteiger partial charge in [-0.1, -0.05) is 35.5 Å². The van der Waals surface area contributed by atoms with Crippen molar-refractivity contribution in [3.63, 3.8) is 0 Å². The van der Waals surface area contributed by atoms with E-state index in [0.29, 0.717) is 0 Å². The van der Waals surface area contributed by atoms with Crippen molar-refractivity contribution in [2.45, 2.75) is 27.7 Å². The number of rotatable bonds is 3. The molecule has 18 heavy (non-hydrogen) atoms. The zero-order valence-electron chi connectivity index (χ0n) is 11.8. The lowest BCUT2D eigenvalue weighted by atomic mass is 10.3. The fourth-order valence-electron chi connectivity index (χ4n) is 1.48. The molecule has 0 amide bonds. The molecule has 0 aliphatic heterocycles. The first-order valence-electron chi connectivity index (χ1n) is 6.23. The van der Waals surface area contributed by atoms with Crippen LogP contribution in [0.3, 0.4) is 0 Å². The molecule has 0 atom stereocenters. The van der Waals surface area contributed by atoms with Gasteiger partial charge in [0.05, 0.1) is 7.05 Å². The van der Waals surface area contributed by atoms with E-state index >= 15 is 0 Å². The van der Waals surface area contributed by atoms with E-state index in [-0.39, 0.29) is 0 Å². The topological polar surface area (TPSA) is 57.5 Å². The molecule has 0 aromatic carbocycles. The minimum absolute atomic E-state index is 0.775. The van der Waals surface area contributed by atoms with Gasteiger partial charge in [-0.25, -0.2) is 4.57 Å². The van der Waals surface area contributed by atoms with Crippen molar-refractivity contribution in [2.75, 3.05) is 11.9 Å². The van der Waals surface area contributed by atoms with Gasteiger partial charge in [0.2, 0.25) is 12.1 Å². The molecule has 0 unspecified atom stereocenters. The summed E-state index contributed by atoms with van der Waals surface area (Å²) in [4.78, 5) is 11.7. The quantitative estimate of drug-likeness (QED) is 0.646. The van der Waals surface area contributed by atoms with Gasteiger partial charge in [-0.15, -0.1) is 0 Å². The second-order valence-corrected chi connectivity index (χ2v) is 3.97. The number of allylic oxidation sites excluding steroid dienone is 1. The minimum Gasteiger partial charge on any atom is -0.351 e. The van der Waals surface area contributed by atoms with Crippen LogP contribution in [0.5, 0.6) is 0 Å². The molecule has 2 N–H and O–H groups in total. The van der Waals surface area contributed by atoms with Crippen molar-refractivity contribution in [2.24, 2.45) is 7.05 Å². The molecule has 0 aliphatic rings. The number of hydrogen-bond acceptors (Lipinski definition) is 3. The van der Waals surface area contributed by atoms with Crippen molar-refractivity contribution >= 4 is 17.0 Å². The minimum atomic E-state index is 0.775. The molecule has 0 radical (unpaired) electrons. The van der Waals surface area contributed by atoms with E-state index in [2.05, 4.69) is 40.2 Å². The van der Waals surface area contributed by atoms with Gasteiger partial charge < -0.3 is 10.3 Å². The number of aromatic nitrogens is 4. The number of nitrogens with zero attached hydrogens (tertiary/aromatic N) is 3. The van der Waals surface area contributed by atoms with Crippen molar-refractivity contribution < 1.29 is 4.57 Å². The highest BCUT2D eigenvalue weighted by Crippen LogP contribution is 2.12. The van der Waals surface area contributed by atoms with Gasteiger partial charge in [0.15, 0.2) is 11.8 Å². The third-order valence-electron chi connectivity index (χ3n) is 2.33. The van der Waals surface area contributed by atoms with E-state index < -0.39 is 0 Å². The first kappa shape index (κ1) is 14.2. The van der Waals surface area contributed by atoms with Gasteiger partial charge in [0, 0.05) is 6.54 Å². The van der Waals surface area contributed by atoms with Crippen molar-refractivity contribution in [3.8, 4) is 0 Å². The number of aryl methyl sites for hydroxylation is 1. The molecule has 0 saturated carbocycles.